The van der Waals surface area contributed by atoms with Gasteiger partial charge in [-0.1, -0.05) is 201 Å². The summed E-state index contributed by atoms with van der Waals surface area (Å²) < 4.78 is 0. The maximum Gasteiger partial charge on any atom is 0.00735 e. The van der Waals surface area contributed by atoms with Crippen LogP contribution in [0.1, 0.15) is 24.0 Å². The lowest BCUT2D eigenvalue weighted by Crippen LogP contribution is -1.93. The average molecular weight is 737 g/mol. The lowest BCUT2D eigenvalue weighted by Gasteiger charge is -2.19. The number of fused-ring (bicyclic) bond motifs is 5. The second-order valence-corrected chi connectivity index (χ2v) is 15.6. The van der Waals surface area contributed by atoms with E-state index >= 15 is 0 Å². The van der Waals surface area contributed by atoms with Gasteiger partial charge in [-0.3, -0.25) is 0 Å². The molecule has 0 amide bonds. The van der Waals surface area contributed by atoms with Crippen LogP contribution in [0.4, 0.5) is 0 Å². The normalized spacial score (nSPS) is 13.1. The number of benzene rings is 10. The van der Waals surface area contributed by atoms with Crippen molar-refractivity contribution >= 4 is 21.5 Å². The van der Waals surface area contributed by atoms with Gasteiger partial charge in [0.25, 0.3) is 0 Å². The Bertz CT molecular complexity index is 3020. The molecule has 0 bridgehead atoms. The largest absolute Gasteiger partial charge is 0.0622 e. The van der Waals surface area contributed by atoms with Gasteiger partial charge in [-0.2, -0.15) is 0 Å². The van der Waals surface area contributed by atoms with E-state index in [4.69, 9.17) is 0 Å². The van der Waals surface area contributed by atoms with Gasteiger partial charge < -0.3 is 0 Å². The first-order chi connectivity index (χ1) is 28.7. The Hall–Kier alpha value is -7.28. The molecule has 0 radical (unpaired) electrons. The Kier molecular flexibility index (Phi) is 8.23. The minimum atomic E-state index is 0.371. The first-order valence-corrected chi connectivity index (χ1v) is 20.3. The molecule has 0 saturated heterocycles. The SMILES string of the molecule is CC1c2ccccc2-c2ccc(-c3c4ccccc4c(-c4ccc(-c5ccc(-c6cc(-c7ccccc7)cc(-c7ccccc7)c6)cc5)cc4)c4ccccc34)cc21. The standard InChI is InChI=1S/C58H40/c1-38-49-18-8-9-19-50(49)51-33-32-45(37-56(38)51)58-54-22-12-10-20-52(54)57(53-21-11-13-23-55(53)58)44-30-28-42(29-31-44)41-24-26-43(27-25-41)48-35-46(39-14-4-2-5-15-39)34-47(36-48)40-16-6-3-7-17-40/h2-38H,1H3. The molecule has 11 rings (SSSR count). The van der Waals surface area contributed by atoms with Crippen molar-refractivity contribution in [2.24, 2.45) is 0 Å². The predicted molar refractivity (Wildman–Crippen MR) is 247 cm³/mol. The topological polar surface area (TPSA) is 0 Å². The summed E-state index contributed by atoms with van der Waals surface area (Å²) >= 11 is 0. The van der Waals surface area contributed by atoms with Crippen LogP contribution in [-0.2, 0) is 0 Å². The van der Waals surface area contributed by atoms with E-state index in [1.807, 2.05) is 0 Å². The molecule has 0 fully saturated rings. The molecule has 1 aliphatic rings. The van der Waals surface area contributed by atoms with Gasteiger partial charge in [0.2, 0.25) is 0 Å². The van der Waals surface area contributed by atoms with Crippen molar-refractivity contribution in [3.8, 4) is 77.9 Å². The van der Waals surface area contributed by atoms with Crippen LogP contribution in [0.5, 0.6) is 0 Å². The maximum atomic E-state index is 2.45. The van der Waals surface area contributed by atoms with Gasteiger partial charge in [0.05, 0.1) is 0 Å². The van der Waals surface area contributed by atoms with Crippen molar-refractivity contribution < 1.29 is 0 Å². The monoisotopic (exact) mass is 736 g/mol. The molecule has 0 heteroatoms. The summed E-state index contributed by atoms with van der Waals surface area (Å²) in [7, 11) is 0. The lowest BCUT2D eigenvalue weighted by molar-refractivity contribution is 0.957. The quantitative estimate of drug-likeness (QED) is 0.149. The molecule has 0 nitrogen and oxygen atoms in total. The molecule has 0 aromatic heterocycles. The van der Waals surface area contributed by atoms with Gasteiger partial charge in [0.15, 0.2) is 0 Å². The summed E-state index contributed by atoms with van der Waals surface area (Å²) in [5.41, 5.74) is 20.4. The molecule has 10 aromatic rings. The molecule has 1 unspecified atom stereocenters. The Balaban J connectivity index is 0.961. The van der Waals surface area contributed by atoms with Crippen molar-refractivity contribution in [3.05, 3.63) is 230 Å². The fraction of sp³-hybridized carbons (Fsp3) is 0.0345. The van der Waals surface area contributed by atoms with Crippen molar-refractivity contribution in [1.82, 2.24) is 0 Å². The minimum absolute atomic E-state index is 0.371. The maximum absolute atomic E-state index is 2.45. The highest BCUT2D eigenvalue weighted by Gasteiger charge is 2.26. The zero-order chi connectivity index (χ0) is 38.6. The fourth-order valence-electron chi connectivity index (χ4n) is 9.43. The third-order valence-corrected chi connectivity index (χ3v) is 12.3. The molecule has 0 saturated carbocycles. The Morgan fingerprint density at radius 1 is 0.241 bits per heavy atom. The number of rotatable bonds is 6. The number of hydrogen-bond acceptors (Lipinski definition) is 0. The van der Waals surface area contributed by atoms with E-state index in [2.05, 4.69) is 225 Å². The molecule has 10 aromatic carbocycles. The van der Waals surface area contributed by atoms with Crippen LogP contribution in [-0.4, -0.2) is 0 Å². The van der Waals surface area contributed by atoms with E-state index in [0.29, 0.717) is 5.92 Å². The van der Waals surface area contributed by atoms with E-state index in [-0.39, 0.29) is 0 Å². The fourth-order valence-corrected chi connectivity index (χ4v) is 9.43. The summed E-state index contributed by atoms with van der Waals surface area (Å²) in [4.78, 5) is 0. The second-order valence-electron chi connectivity index (χ2n) is 15.6. The van der Waals surface area contributed by atoms with Crippen LogP contribution >= 0.6 is 0 Å². The van der Waals surface area contributed by atoms with Crippen LogP contribution < -0.4 is 0 Å². The van der Waals surface area contributed by atoms with Gasteiger partial charge in [-0.15, -0.1) is 0 Å². The lowest BCUT2D eigenvalue weighted by atomic mass is 9.84. The average Bonchev–Trinajstić information content (AvgIpc) is 3.59. The zero-order valence-electron chi connectivity index (χ0n) is 32.4. The van der Waals surface area contributed by atoms with Crippen molar-refractivity contribution in [3.63, 3.8) is 0 Å². The molecule has 0 heterocycles. The molecule has 0 N–H and O–H groups in total. The molecule has 272 valence electrons. The van der Waals surface area contributed by atoms with Crippen molar-refractivity contribution in [2.45, 2.75) is 12.8 Å². The molecular weight excluding hydrogens is 697 g/mol. The van der Waals surface area contributed by atoms with Crippen LogP contribution in [0, 0.1) is 0 Å². The summed E-state index contributed by atoms with van der Waals surface area (Å²) in [6.45, 7) is 2.35. The summed E-state index contributed by atoms with van der Waals surface area (Å²) in [5.74, 6) is 0.371. The molecule has 58 heavy (non-hydrogen) atoms. The van der Waals surface area contributed by atoms with Crippen LogP contribution in [0.15, 0.2) is 218 Å². The van der Waals surface area contributed by atoms with Crippen molar-refractivity contribution in [2.75, 3.05) is 0 Å². The zero-order valence-corrected chi connectivity index (χ0v) is 32.4. The highest BCUT2D eigenvalue weighted by molar-refractivity contribution is 6.21. The van der Waals surface area contributed by atoms with E-state index in [1.165, 1.54) is 111 Å². The Morgan fingerprint density at radius 2 is 0.586 bits per heavy atom. The molecule has 1 aliphatic carbocycles. The molecule has 1 atom stereocenters. The first kappa shape index (κ1) is 34.0. The Morgan fingerprint density at radius 3 is 1.09 bits per heavy atom. The van der Waals surface area contributed by atoms with Gasteiger partial charge in [0.1, 0.15) is 0 Å². The van der Waals surface area contributed by atoms with E-state index in [9.17, 15) is 0 Å². The van der Waals surface area contributed by atoms with Crippen LogP contribution in [0.3, 0.4) is 0 Å². The third-order valence-electron chi connectivity index (χ3n) is 12.3. The van der Waals surface area contributed by atoms with Gasteiger partial charge in [-0.05, 0) is 135 Å². The summed E-state index contributed by atoms with van der Waals surface area (Å²) in [6.07, 6.45) is 0. The molecule has 0 spiro atoms. The number of hydrogen-bond donors (Lipinski definition) is 0. The summed E-state index contributed by atoms with van der Waals surface area (Å²) in [5, 5.41) is 5.12. The van der Waals surface area contributed by atoms with E-state index in [0.717, 1.165) is 0 Å². The van der Waals surface area contributed by atoms with Gasteiger partial charge >= 0.3 is 0 Å². The highest BCUT2D eigenvalue weighted by Crippen LogP contribution is 2.49. The predicted octanol–water partition coefficient (Wildman–Crippen LogP) is 16.1. The van der Waals surface area contributed by atoms with Crippen molar-refractivity contribution in [1.29, 1.82) is 0 Å². The minimum Gasteiger partial charge on any atom is -0.0622 e. The second kappa shape index (κ2) is 14.0. The van der Waals surface area contributed by atoms with Crippen LogP contribution in [0.25, 0.3) is 99.4 Å². The first-order valence-electron chi connectivity index (χ1n) is 20.3. The molecule has 0 aliphatic heterocycles. The third kappa shape index (κ3) is 5.77. The van der Waals surface area contributed by atoms with E-state index < -0.39 is 0 Å². The molecular formula is C58H40. The smallest absolute Gasteiger partial charge is 0.00735 e. The van der Waals surface area contributed by atoms with Gasteiger partial charge in [-0.25, -0.2) is 0 Å². The van der Waals surface area contributed by atoms with Gasteiger partial charge in [0, 0.05) is 5.92 Å². The Labute approximate surface area is 340 Å². The highest BCUT2D eigenvalue weighted by atomic mass is 14.3. The van der Waals surface area contributed by atoms with E-state index in [1.54, 1.807) is 0 Å². The summed E-state index contributed by atoms with van der Waals surface area (Å²) in [6, 6.07) is 80.5. The van der Waals surface area contributed by atoms with Crippen LogP contribution in [0.2, 0.25) is 0 Å².